The van der Waals surface area contributed by atoms with Crippen LogP contribution in [-0.4, -0.2) is 22.9 Å². The monoisotopic (exact) mass is 251 g/mol. The zero-order chi connectivity index (χ0) is 12.7. The number of hydrogen-bond acceptors (Lipinski definition) is 2. The van der Waals surface area contributed by atoms with Crippen molar-refractivity contribution in [1.82, 2.24) is 0 Å². The summed E-state index contributed by atoms with van der Waals surface area (Å²) in [4.78, 5) is 0. The number of hydrogen-bond donors (Lipinski definition) is 2. The van der Waals surface area contributed by atoms with Gasteiger partial charge in [0.15, 0.2) is 0 Å². The molecule has 0 aliphatic heterocycles. The third-order valence-electron chi connectivity index (χ3n) is 4.42. The third kappa shape index (κ3) is 3.13. The van der Waals surface area contributed by atoms with Crippen LogP contribution in [0.5, 0.6) is 0 Å². The molecule has 0 amide bonds. The summed E-state index contributed by atoms with van der Waals surface area (Å²) < 4.78 is 36.6. The molecule has 1 unspecified atom stereocenters. The van der Waals surface area contributed by atoms with E-state index in [1.807, 2.05) is 0 Å². The highest BCUT2D eigenvalue weighted by molar-refractivity contribution is 5.04. The number of aliphatic hydroxyl groups is 1. The molecule has 1 atom stereocenters. The van der Waals surface area contributed by atoms with Crippen molar-refractivity contribution in [2.45, 2.75) is 62.8 Å². The second-order valence-electron chi connectivity index (χ2n) is 5.74. The molecular formula is C12H20F3NO. The SMILES string of the molecule is NC1(C2CCC(CC(O)C(F)(F)F)CC2)CC1. The Labute approximate surface area is 99.4 Å². The first-order valence-corrected chi connectivity index (χ1v) is 6.35. The molecule has 0 aromatic heterocycles. The highest BCUT2D eigenvalue weighted by Gasteiger charge is 2.47. The molecule has 0 spiro atoms. The van der Waals surface area contributed by atoms with Crippen LogP contribution in [0, 0.1) is 11.8 Å². The molecule has 0 heterocycles. The van der Waals surface area contributed by atoms with Gasteiger partial charge >= 0.3 is 6.18 Å². The van der Waals surface area contributed by atoms with Crippen LogP contribution < -0.4 is 5.73 Å². The fourth-order valence-corrected chi connectivity index (χ4v) is 2.98. The lowest BCUT2D eigenvalue weighted by atomic mass is 9.76. The first kappa shape index (κ1) is 13.1. The predicted molar refractivity (Wildman–Crippen MR) is 58.3 cm³/mol. The highest BCUT2D eigenvalue weighted by atomic mass is 19.4. The van der Waals surface area contributed by atoms with Crippen LogP contribution >= 0.6 is 0 Å². The maximum Gasteiger partial charge on any atom is 0.414 e. The van der Waals surface area contributed by atoms with E-state index in [1.54, 1.807) is 0 Å². The number of halogens is 3. The molecule has 2 aliphatic rings. The van der Waals surface area contributed by atoms with Gasteiger partial charge in [-0.2, -0.15) is 13.2 Å². The second kappa shape index (κ2) is 4.43. The van der Waals surface area contributed by atoms with Gasteiger partial charge in [-0.05, 0) is 43.9 Å². The molecular weight excluding hydrogens is 231 g/mol. The van der Waals surface area contributed by atoms with Gasteiger partial charge in [0.2, 0.25) is 0 Å². The molecule has 2 aliphatic carbocycles. The molecule has 0 radical (unpaired) electrons. The Morgan fingerprint density at radius 1 is 1.18 bits per heavy atom. The van der Waals surface area contributed by atoms with Crippen LogP contribution in [0.25, 0.3) is 0 Å². The van der Waals surface area contributed by atoms with Gasteiger partial charge in [0.25, 0.3) is 0 Å². The first-order chi connectivity index (χ1) is 7.81. The highest BCUT2D eigenvalue weighted by Crippen LogP contribution is 2.47. The van der Waals surface area contributed by atoms with E-state index >= 15 is 0 Å². The molecule has 3 N–H and O–H groups in total. The van der Waals surface area contributed by atoms with Crippen molar-refractivity contribution in [3.63, 3.8) is 0 Å². The molecule has 2 fully saturated rings. The molecule has 100 valence electrons. The minimum absolute atomic E-state index is 0.00484. The van der Waals surface area contributed by atoms with E-state index in [2.05, 4.69) is 0 Å². The van der Waals surface area contributed by atoms with Gasteiger partial charge in [-0.3, -0.25) is 0 Å². The van der Waals surface area contributed by atoms with Crippen LogP contribution in [0.4, 0.5) is 13.2 Å². The number of rotatable bonds is 3. The van der Waals surface area contributed by atoms with E-state index in [-0.39, 0.29) is 17.9 Å². The molecule has 2 rings (SSSR count). The fourth-order valence-electron chi connectivity index (χ4n) is 2.98. The van der Waals surface area contributed by atoms with Crippen molar-refractivity contribution in [1.29, 1.82) is 0 Å². The Morgan fingerprint density at radius 3 is 2.12 bits per heavy atom. The zero-order valence-electron chi connectivity index (χ0n) is 9.84. The smallest absolute Gasteiger partial charge is 0.384 e. The van der Waals surface area contributed by atoms with Crippen molar-refractivity contribution in [2.24, 2.45) is 17.6 Å². The Balaban J connectivity index is 1.76. The number of nitrogens with two attached hydrogens (primary N) is 1. The van der Waals surface area contributed by atoms with Gasteiger partial charge in [0, 0.05) is 5.54 Å². The Bertz CT molecular complexity index is 267. The lowest BCUT2D eigenvalue weighted by molar-refractivity contribution is -0.209. The summed E-state index contributed by atoms with van der Waals surface area (Å²) in [5, 5.41) is 9.03. The molecule has 0 saturated heterocycles. The van der Waals surface area contributed by atoms with Gasteiger partial charge in [-0.25, -0.2) is 0 Å². The van der Waals surface area contributed by atoms with Gasteiger partial charge in [-0.1, -0.05) is 12.8 Å². The zero-order valence-corrected chi connectivity index (χ0v) is 9.84. The van der Waals surface area contributed by atoms with Crippen molar-refractivity contribution < 1.29 is 18.3 Å². The molecule has 17 heavy (non-hydrogen) atoms. The molecule has 0 aromatic carbocycles. The van der Waals surface area contributed by atoms with E-state index in [0.29, 0.717) is 5.92 Å². The van der Waals surface area contributed by atoms with Crippen LogP contribution in [0.3, 0.4) is 0 Å². The molecule has 2 nitrogen and oxygen atoms in total. The standard InChI is InChI=1S/C12H20F3NO/c13-12(14,15)10(17)7-8-1-3-9(4-2-8)11(16)5-6-11/h8-10,17H,1-7,16H2. The summed E-state index contributed by atoms with van der Waals surface area (Å²) in [6.45, 7) is 0. The number of aliphatic hydroxyl groups excluding tert-OH is 1. The maximum absolute atomic E-state index is 12.2. The maximum atomic E-state index is 12.2. The third-order valence-corrected chi connectivity index (χ3v) is 4.42. The van der Waals surface area contributed by atoms with Gasteiger partial charge in [0.05, 0.1) is 0 Å². The second-order valence-corrected chi connectivity index (χ2v) is 5.74. The summed E-state index contributed by atoms with van der Waals surface area (Å²) in [6, 6.07) is 0. The van der Waals surface area contributed by atoms with E-state index < -0.39 is 12.3 Å². The number of alkyl halides is 3. The topological polar surface area (TPSA) is 46.2 Å². The quantitative estimate of drug-likeness (QED) is 0.810. The van der Waals surface area contributed by atoms with E-state index in [4.69, 9.17) is 10.8 Å². The average molecular weight is 251 g/mol. The predicted octanol–water partition coefficient (Wildman–Crippen LogP) is 2.60. The first-order valence-electron chi connectivity index (χ1n) is 6.35. The minimum Gasteiger partial charge on any atom is -0.384 e. The van der Waals surface area contributed by atoms with E-state index in [1.165, 1.54) is 0 Å². The van der Waals surface area contributed by atoms with Crippen LogP contribution in [0.15, 0.2) is 0 Å². The largest absolute Gasteiger partial charge is 0.414 e. The molecule has 0 aromatic rings. The Morgan fingerprint density at radius 2 is 1.71 bits per heavy atom. The fraction of sp³-hybridized carbons (Fsp3) is 1.00. The van der Waals surface area contributed by atoms with E-state index in [9.17, 15) is 13.2 Å². The van der Waals surface area contributed by atoms with Crippen LogP contribution in [-0.2, 0) is 0 Å². The summed E-state index contributed by atoms with van der Waals surface area (Å²) in [6.07, 6.45) is -1.25. The average Bonchev–Trinajstić information content (AvgIpc) is 2.97. The summed E-state index contributed by atoms with van der Waals surface area (Å²) in [5.74, 6) is 0.493. The van der Waals surface area contributed by atoms with Gasteiger partial charge in [-0.15, -0.1) is 0 Å². The Hall–Kier alpha value is -0.290. The van der Waals surface area contributed by atoms with Crippen LogP contribution in [0.2, 0.25) is 0 Å². The molecule has 2 saturated carbocycles. The molecule has 5 heteroatoms. The minimum atomic E-state index is -4.47. The van der Waals surface area contributed by atoms with Gasteiger partial charge in [0.1, 0.15) is 6.10 Å². The van der Waals surface area contributed by atoms with Crippen LogP contribution in [0.1, 0.15) is 44.9 Å². The van der Waals surface area contributed by atoms with Crippen molar-refractivity contribution >= 4 is 0 Å². The summed E-state index contributed by atoms with van der Waals surface area (Å²) in [7, 11) is 0. The van der Waals surface area contributed by atoms with Gasteiger partial charge < -0.3 is 10.8 Å². The molecule has 0 bridgehead atoms. The lowest BCUT2D eigenvalue weighted by Gasteiger charge is -2.33. The van der Waals surface area contributed by atoms with Crippen molar-refractivity contribution in [3.05, 3.63) is 0 Å². The lowest BCUT2D eigenvalue weighted by Crippen LogP contribution is -2.37. The van der Waals surface area contributed by atoms with Crippen molar-refractivity contribution in [3.8, 4) is 0 Å². The summed E-state index contributed by atoms with van der Waals surface area (Å²) >= 11 is 0. The van der Waals surface area contributed by atoms with E-state index in [0.717, 1.165) is 38.5 Å². The Kier molecular flexibility index (Phi) is 3.42. The normalized spacial score (nSPS) is 34.4. The summed E-state index contributed by atoms with van der Waals surface area (Å²) in [5.41, 5.74) is 6.10. The van der Waals surface area contributed by atoms with Crippen molar-refractivity contribution in [2.75, 3.05) is 0 Å².